The van der Waals surface area contributed by atoms with Crippen molar-refractivity contribution < 1.29 is 4.79 Å². The lowest BCUT2D eigenvalue weighted by atomic mass is 10.2. The van der Waals surface area contributed by atoms with Crippen LogP contribution in [0.15, 0.2) is 22.7 Å². The highest BCUT2D eigenvalue weighted by Gasteiger charge is 2.18. The second-order valence-electron chi connectivity index (χ2n) is 3.62. The van der Waals surface area contributed by atoms with Crippen LogP contribution in [0.1, 0.15) is 17.3 Å². The van der Waals surface area contributed by atoms with Crippen LogP contribution < -0.4 is 5.73 Å². The van der Waals surface area contributed by atoms with Crippen molar-refractivity contribution in [1.29, 1.82) is 0 Å². The molecule has 1 aromatic rings. The summed E-state index contributed by atoms with van der Waals surface area (Å²) in [6.45, 7) is 2.32. The molecule has 96 valence electrons. The van der Waals surface area contributed by atoms with Crippen molar-refractivity contribution in [2.24, 2.45) is 5.73 Å². The number of rotatable bonds is 3. The molecule has 0 aromatic heterocycles. The van der Waals surface area contributed by atoms with Crippen LogP contribution in [-0.4, -0.2) is 30.4 Å². The smallest absolute Gasteiger partial charge is 0.255 e. The Morgan fingerprint density at radius 3 is 2.71 bits per heavy atom. The maximum absolute atomic E-state index is 12.1. The molecule has 0 saturated carbocycles. The van der Waals surface area contributed by atoms with Gasteiger partial charge in [0, 0.05) is 24.1 Å². The molecule has 17 heavy (non-hydrogen) atoms. The molecule has 2 N–H and O–H groups in total. The van der Waals surface area contributed by atoms with Crippen LogP contribution in [0.3, 0.4) is 0 Å². The Labute approximate surface area is 121 Å². The molecule has 1 atom stereocenters. The molecule has 0 radical (unpaired) electrons. The number of carbonyl (C=O) groups excluding carboxylic acids is 1. The zero-order valence-electron chi connectivity index (χ0n) is 9.61. The molecule has 6 heteroatoms. The van der Waals surface area contributed by atoms with Crippen molar-refractivity contribution in [3.63, 3.8) is 0 Å². The van der Waals surface area contributed by atoms with E-state index in [9.17, 15) is 4.79 Å². The van der Waals surface area contributed by atoms with Gasteiger partial charge in [-0.2, -0.15) is 0 Å². The number of nitrogens with zero attached hydrogens (tertiary/aromatic N) is 1. The topological polar surface area (TPSA) is 46.3 Å². The average Bonchev–Trinajstić information content (AvgIpc) is 2.29. The molecule has 0 aliphatic heterocycles. The van der Waals surface area contributed by atoms with Gasteiger partial charge in [-0.15, -0.1) is 12.4 Å². The maximum atomic E-state index is 12.1. The van der Waals surface area contributed by atoms with Crippen molar-refractivity contribution in [2.75, 3.05) is 13.6 Å². The SMILES string of the molecule is CC(CN)N(C)C(=O)c1cc(Br)ccc1Cl.Cl. The summed E-state index contributed by atoms with van der Waals surface area (Å²) in [6.07, 6.45) is 0. The first-order valence-electron chi connectivity index (χ1n) is 4.89. The van der Waals surface area contributed by atoms with E-state index in [1.165, 1.54) is 0 Å². The normalized spacial score (nSPS) is 11.6. The van der Waals surface area contributed by atoms with Gasteiger partial charge in [-0.3, -0.25) is 4.79 Å². The minimum Gasteiger partial charge on any atom is -0.338 e. The first-order valence-corrected chi connectivity index (χ1v) is 6.06. The van der Waals surface area contributed by atoms with E-state index in [1.807, 2.05) is 6.92 Å². The Morgan fingerprint density at radius 1 is 1.59 bits per heavy atom. The highest BCUT2D eigenvalue weighted by Crippen LogP contribution is 2.22. The van der Waals surface area contributed by atoms with E-state index in [2.05, 4.69) is 15.9 Å². The fourth-order valence-corrected chi connectivity index (χ4v) is 1.77. The lowest BCUT2D eigenvalue weighted by molar-refractivity contribution is 0.0748. The van der Waals surface area contributed by atoms with E-state index < -0.39 is 0 Å². The molecule has 0 bridgehead atoms. The zero-order chi connectivity index (χ0) is 12.3. The fourth-order valence-electron chi connectivity index (χ4n) is 1.21. The summed E-state index contributed by atoms with van der Waals surface area (Å²) < 4.78 is 0.828. The maximum Gasteiger partial charge on any atom is 0.255 e. The monoisotopic (exact) mass is 340 g/mol. The second-order valence-corrected chi connectivity index (χ2v) is 4.95. The van der Waals surface area contributed by atoms with E-state index in [4.69, 9.17) is 17.3 Å². The van der Waals surface area contributed by atoms with E-state index in [0.717, 1.165) is 4.47 Å². The molecule has 0 heterocycles. The predicted octanol–water partition coefficient (Wildman–Crippen LogP) is 2.94. The van der Waals surface area contributed by atoms with E-state index in [0.29, 0.717) is 17.1 Å². The molecular weight excluding hydrogens is 327 g/mol. The van der Waals surface area contributed by atoms with Crippen LogP contribution >= 0.6 is 39.9 Å². The summed E-state index contributed by atoms with van der Waals surface area (Å²) in [5.41, 5.74) is 6.01. The number of halogens is 3. The minimum absolute atomic E-state index is 0. The quantitative estimate of drug-likeness (QED) is 0.918. The van der Waals surface area contributed by atoms with Gasteiger partial charge in [-0.25, -0.2) is 0 Å². The summed E-state index contributed by atoms with van der Waals surface area (Å²) in [4.78, 5) is 13.7. The number of benzene rings is 1. The Kier molecular flexibility index (Phi) is 7.09. The summed E-state index contributed by atoms with van der Waals surface area (Å²) in [5.74, 6) is -0.121. The average molecular weight is 342 g/mol. The molecule has 0 fully saturated rings. The van der Waals surface area contributed by atoms with Crippen molar-refractivity contribution in [2.45, 2.75) is 13.0 Å². The van der Waals surface area contributed by atoms with Crippen LogP contribution in [-0.2, 0) is 0 Å². The van der Waals surface area contributed by atoms with Crippen molar-refractivity contribution >= 4 is 45.8 Å². The number of carbonyl (C=O) groups is 1. The van der Waals surface area contributed by atoms with E-state index in [-0.39, 0.29) is 24.4 Å². The Morgan fingerprint density at radius 2 is 2.18 bits per heavy atom. The second kappa shape index (κ2) is 7.21. The third-order valence-corrected chi connectivity index (χ3v) is 3.30. The highest BCUT2D eigenvalue weighted by molar-refractivity contribution is 9.10. The van der Waals surface area contributed by atoms with Crippen molar-refractivity contribution in [1.82, 2.24) is 4.90 Å². The number of hydrogen-bond acceptors (Lipinski definition) is 2. The molecule has 1 amide bonds. The van der Waals surface area contributed by atoms with E-state index >= 15 is 0 Å². The minimum atomic E-state index is -0.121. The first-order chi connectivity index (χ1) is 7.47. The van der Waals surface area contributed by atoms with Crippen molar-refractivity contribution in [3.8, 4) is 0 Å². The molecule has 0 aliphatic carbocycles. The van der Waals surface area contributed by atoms with Gasteiger partial charge in [0.25, 0.3) is 5.91 Å². The summed E-state index contributed by atoms with van der Waals surface area (Å²) in [6, 6.07) is 5.19. The van der Waals surface area contributed by atoms with E-state index in [1.54, 1.807) is 30.1 Å². The fraction of sp³-hybridized carbons (Fsp3) is 0.364. The molecule has 0 aliphatic rings. The third-order valence-electron chi connectivity index (χ3n) is 2.48. The Hall–Kier alpha value is -0.290. The summed E-state index contributed by atoms with van der Waals surface area (Å²) in [5, 5.41) is 0.448. The van der Waals surface area contributed by atoms with Gasteiger partial charge in [0.05, 0.1) is 10.6 Å². The Bertz CT molecular complexity index is 401. The lowest BCUT2D eigenvalue weighted by Gasteiger charge is -2.24. The number of likely N-dealkylation sites (N-methyl/N-ethyl adjacent to an activating group) is 1. The predicted molar refractivity (Wildman–Crippen MR) is 77.0 cm³/mol. The largest absolute Gasteiger partial charge is 0.338 e. The number of nitrogens with two attached hydrogens (primary N) is 1. The summed E-state index contributed by atoms with van der Waals surface area (Å²) >= 11 is 9.30. The molecule has 1 aromatic carbocycles. The molecular formula is C11H15BrCl2N2O. The van der Waals surface area contributed by atoms with Gasteiger partial charge in [0.15, 0.2) is 0 Å². The lowest BCUT2D eigenvalue weighted by Crippen LogP contribution is -2.39. The van der Waals surface area contributed by atoms with Gasteiger partial charge in [-0.1, -0.05) is 27.5 Å². The van der Waals surface area contributed by atoms with Gasteiger partial charge in [0.1, 0.15) is 0 Å². The van der Waals surface area contributed by atoms with Crippen LogP contribution in [0.2, 0.25) is 5.02 Å². The van der Waals surface area contributed by atoms with Crippen LogP contribution in [0.4, 0.5) is 0 Å². The first kappa shape index (κ1) is 16.7. The van der Waals surface area contributed by atoms with Gasteiger partial charge in [-0.05, 0) is 25.1 Å². The van der Waals surface area contributed by atoms with Crippen LogP contribution in [0.25, 0.3) is 0 Å². The number of hydrogen-bond donors (Lipinski definition) is 1. The van der Waals surface area contributed by atoms with Crippen molar-refractivity contribution in [3.05, 3.63) is 33.3 Å². The zero-order valence-corrected chi connectivity index (χ0v) is 12.8. The van der Waals surface area contributed by atoms with Crippen LogP contribution in [0.5, 0.6) is 0 Å². The molecule has 0 spiro atoms. The van der Waals surface area contributed by atoms with Gasteiger partial charge < -0.3 is 10.6 Å². The standard InChI is InChI=1S/C11H14BrClN2O.ClH/c1-7(6-14)15(2)11(16)9-5-8(12)3-4-10(9)13;/h3-5,7H,6,14H2,1-2H3;1H. The molecule has 1 unspecified atom stereocenters. The third kappa shape index (κ3) is 4.14. The van der Waals surface area contributed by atoms with Crippen LogP contribution in [0, 0.1) is 0 Å². The summed E-state index contributed by atoms with van der Waals surface area (Å²) in [7, 11) is 1.72. The molecule has 0 saturated heterocycles. The van der Waals surface area contributed by atoms with Gasteiger partial charge in [0.2, 0.25) is 0 Å². The molecule has 3 nitrogen and oxygen atoms in total. The molecule has 1 rings (SSSR count). The Balaban J connectivity index is 0.00000256. The number of amides is 1. The van der Waals surface area contributed by atoms with Gasteiger partial charge >= 0.3 is 0 Å². The highest BCUT2D eigenvalue weighted by atomic mass is 79.9.